The topological polar surface area (TPSA) is 90.0 Å². The van der Waals surface area contributed by atoms with E-state index in [-0.39, 0.29) is 19.4 Å². The Morgan fingerprint density at radius 1 is 1.18 bits per heavy atom. The molecule has 0 unspecified atom stereocenters. The van der Waals surface area contributed by atoms with E-state index in [1.807, 2.05) is 0 Å². The van der Waals surface area contributed by atoms with Crippen LogP contribution in [0.1, 0.15) is 19.8 Å². The maximum Gasteiger partial charge on any atom is 0.357 e. The average Bonchev–Trinajstić information content (AvgIpc) is 2.58. The van der Waals surface area contributed by atoms with Crippen molar-refractivity contribution in [2.24, 2.45) is 0 Å². The van der Waals surface area contributed by atoms with Gasteiger partial charge in [0.25, 0.3) is 11.8 Å². The first-order valence-corrected chi connectivity index (χ1v) is 4.97. The quantitative estimate of drug-likeness (QED) is 0.382. The predicted molar refractivity (Wildman–Crippen MR) is 53.0 cm³/mol. The third-order valence-corrected chi connectivity index (χ3v) is 1.83. The van der Waals surface area contributed by atoms with E-state index >= 15 is 0 Å². The van der Waals surface area contributed by atoms with E-state index < -0.39 is 23.8 Å². The van der Waals surface area contributed by atoms with Gasteiger partial charge in [-0.05, 0) is 6.92 Å². The molecule has 2 amide bonds. The molecule has 0 aromatic carbocycles. The fraction of sp³-hybridized carbons (Fsp3) is 0.400. The molecule has 0 aliphatic carbocycles. The zero-order valence-electron chi connectivity index (χ0n) is 9.17. The number of ether oxygens (including phenoxy) is 1. The molecule has 1 aliphatic rings. The SMILES string of the molecule is CCOC(=O)C=CC(=O)ON1C(=O)CCC1=O. The van der Waals surface area contributed by atoms with Crippen LogP contribution >= 0.6 is 0 Å². The number of esters is 1. The smallest absolute Gasteiger partial charge is 0.357 e. The molecule has 0 spiro atoms. The average molecular weight is 241 g/mol. The fourth-order valence-corrected chi connectivity index (χ4v) is 1.10. The highest BCUT2D eigenvalue weighted by Crippen LogP contribution is 2.12. The first-order valence-electron chi connectivity index (χ1n) is 4.97. The van der Waals surface area contributed by atoms with Crippen molar-refractivity contribution in [3.63, 3.8) is 0 Å². The largest absolute Gasteiger partial charge is 0.463 e. The van der Waals surface area contributed by atoms with Gasteiger partial charge in [0.2, 0.25) is 0 Å². The van der Waals surface area contributed by atoms with Crippen LogP contribution in [0.4, 0.5) is 0 Å². The van der Waals surface area contributed by atoms with E-state index in [0.29, 0.717) is 5.06 Å². The Bertz CT molecular complexity index is 370. The number of carbonyl (C=O) groups is 4. The first kappa shape index (κ1) is 12.9. The van der Waals surface area contributed by atoms with Gasteiger partial charge in [-0.3, -0.25) is 9.59 Å². The van der Waals surface area contributed by atoms with Crippen molar-refractivity contribution in [1.29, 1.82) is 0 Å². The summed E-state index contributed by atoms with van der Waals surface area (Å²) in [5.41, 5.74) is 0. The molecule has 0 aromatic rings. The molecule has 92 valence electrons. The highest BCUT2D eigenvalue weighted by atomic mass is 16.7. The first-order chi connectivity index (χ1) is 8.04. The minimum absolute atomic E-state index is 0.0215. The van der Waals surface area contributed by atoms with Crippen molar-refractivity contribution < 1.29 is 28.8 Å². The van der Waals surface area contributed by atoms with Crippen molar-refractivity contribution in [3.8, 4) is 0 Å². The van der Waals surface area contributed by atoms with Crippen LogP contribution < -0.4 is 0 Å². The summed E-state index contributed by atoms with van der Waals surface area (Å²) < 4.78 is 4.52. The molecule has 0 bridgehead atoms. The second-order valence-electron chi connectivity index (χ2n) is 3.08. The summed E-state index contributed by atoms with van der Waals surface area (Å²) in [6, 6.07) is 0. The standard InChI is InChI=1S/C10H11NO6/c1-2-16-9(14)5-6-10(15)17-11-7(12)3-4-8(11)13/h5-6H,2-4H2,1H3. The van der Waals surface area contributed by atoms with Gasteiger partial charge in [-0.15, -0.1) is 5.06 Å². The number of hydrogen-bond acceptors (Lipinski definition) is 6. The lowest BCUT2D eigenvalue weighted by Crippen LogP contribution is -2.31. The Morgan fingerprint density at radius 2 is 1.71 bits per heavy atom. The number of imide groups is 1. The van der Waals surface area contributed by atoms with Gasteiger partial charge in [-0.25, -0.2) is 9.59 Å². The number of amides is 2. The van der Waals surface area contributed by atoms with Crippen LogP contribution in [0.15, 0.2) is 12.2 Å². The Labute approximate surface area is 96.9 Å². The van der Waals surface area contributed by atoms with Crippen LogP contribution in [-0.2, 0) is 28.8 Å². The summed E-state index contributed by atoms with van der Waals surface area (Å²) in [6.45, 7) is 1.80. The van der Waals surface area contributed by atoms with Crippen LogP contribution in [0.2, 0.25) is 0 Å². The van der Waals surface area contributed by atoms with Crippen LogP contribution in [0, 0.1) is 0 Å². The number of carbonyl (C=O) groups excluding carboxylic acids is 4. The molecule has 17 heavy (non-hydrogen) atoms. The van der Waals surface area contributed by atoms with Crippen LogP contribution in [0.3, 0.4) is 0 Å². The molecule has 1 saturated heterocycles. The minimum Gasteiger partial charge on any atom is -0.463 e. The Hall–Kier alpha value is -2.18. The summed E-state index contributed by atoms with van der Waals surface area (Å²) in [5.74, 6) is -2.84. The maximum absolute atomic E-state index is 11.1. The number of hydrogen-bond donors (Lipinski definition) is 0. The van der Waals surface area contributed by atoms with Crippen molar-refractivity contribution >= 4 is 23.8 Å². The molecule has 7 nitrogen and oxygen atoms in total. The highest BCUT2D eigenvalue weighted by molar-refractivity contribution is 6.02. The van der Waals surface area contributed by atoms with E-state index in [9.17, 15) is 19.2 Å². The molecular weight excluding hydrogens is 230 g/mol. The monoisotopic (exact) mass is 241 g/mol. The summed E-state index contributed by atoms with van der Waals surface area (Å²) in [6.07, 6.45) is 1.69. The molecule has 0 aromatic heterocycles. The lowest BCUT2D eigenvalue weighted by Gasteiger charge is -2.10. The van der Waals surface area contributed by atoms with Crippen LogP contribution in [-0.4, -0.2) is 35.4 Å². The molecular formula is C10H11NO6. The molecule has 1 aliphatic heterocycles. The minimum atomic E-state index is -0.985. The predicted octanol–water partition coefficient (Wildman–Crippen LogP) is -0.287. The Kier molecular flexibility index (Phi) is 4.38. The summed E-state index contributed by atoms with van der Waals surface area (Å²) in [4.78, 5) is 48.6. The van der Waals surface area contributed by atoms with Crippen molar-refractivity contribution in [3.05, 3.63) is 12.2 Å². The maximum atomic E-state index is 11.1. The van der Waals surface area contributed by atoms with Crippen molar-refractivity contribution in [2.75, 3.05) is 6.61 Å². The van der Waals surface area contributed by atoms with Gasteiger partial charge in [0, 0.05) is 25.0 Å². The van der Waals surface area contributed by atoms with Crippen LogP contribution in [0.25, 0.3) is 0 Å². The summed E-state index contributed by atoms with van der Waals surface area (Å²) >= 11 is 0. The third kappa shape index (κ3) is 3.71. The van der Waals surface area contributed by atoms with Crippen molar-refractivity contribution in [2.45, 2.75) is 19.8 Å². The molecule has 0 radical (unpaired) electrons. The molecule has 0 N–H and O–H groups in total. The lowest BCUT2D eigenvalue weighted by molar-refractivity contribution is -0.193. The van der Waals surface area contributed by atoms with E-state index in [1.54, 1.807) is 6.92 Å². The molecule has 1 fully saturated rings. The number of nitrogens with zero attached hydrogens (tertiary/aromatic N) is 1. The van der Waals surface area contributed by atoms with Crippen LogP contribution in [0.5, 0.6) is 0 Å². The molecule has 0 atom stereocenters. The molecule has 1 rings (SSSR count). The van der Waals surface area contributed by atoms with Gasteiger partial charge < -0.3 is 9.57 Å². The zero-order valence-corrected chi connectivity index (χ0v) is 9.17. The third-order valence-electron chi connectivity index (χ3n) is 1.83. The molecule has 1 heterocycles. The van der Waals surface area contributed by atoms with Gasteiger partial charge in [-0.1, -0.05) is 0 Å². The summed E-state index contributed by atoms with van der Waals surface area (Å²) in [7, 11) is 0. The van der Waals surface area contributed by atoms with E-state index in [4.69, 9.17) is 0 Å². The van der Waals surface area contributed by atoms with Gasteiger partial charge in [-0.2, -0.15) is 0 Å². The zero-order chi connectivity index (χ0) is 12.8. The van der Waals surface area contributed by atoms with E-state index in [1.165, 1.54) is 0 Å². The van der Waals surface area contributed by atoms with E-state index in [2.05, 4.69) is 9.57 Å². The normalized spacial score (nSPS) is 15.5. The molecule has 0 saturated carbocycles. The second kappa shape index (κ2) is 5.78. The Balaban J connectivity index is 2.47. The Morgan fingerprint density at radius 3 is 2.24 bits per heavy atom. The van der Waals surface area contributed by atoms with Gasteiger partial charge in [0.05, 0.1) is 6.61 Å². The fourth-order valence-electron chi connectivity index (χ4n) is 1.10. The second-order valence-corrected chi connectivity index (χ2v) is 3.08. The van der Waals surface area contributed by atoms with Crippen molar-refractivity contribution in [1.82, 2.24) is 5.06 Å². The lowest BCUT2D eigenvalue weighted by atomic mass is 10.4. The van der Waals surface area contributed by atoms with E-state index in [0.717, 1.165) is 12.2 Å². The number of hydroxylamine groups is 2. The van der Waals surface area contributed by atoms with Gasteiger partial charge in [0.1, 0.15) is 0 Å². The number of rotatable bonds is 4. The van der Waals surface area contributed by atoms with Gasteiger partial charge in [0.15, 0.2) is 0 Å². The highest BCUT2D eigenvalue weighted by Gasteiger charge is 2.32. The van der Waals surface area contributed by atoms with Gasteiger partial charge >= 0.3 is 11.9 Å². The summed E-state index contributed by atoms with van der Waals surface area (Å²) in [5, 5.41) is 0.401. The molecule has 7 heteroatoms.